The van der Waals surface area contributed by atoms with Gasteiger partial charge in [0.2, 0.25) is 0 Å². The highest BCUT2D eigenvalue weighted by Gasteiger charge is 2.13. The van der Waals surface area contributed by atoms with E-state index in [0.29, 0.717) is 5.56 Å². The van der Waals surface area contributed by atoms with Gasteiger partial charge in [0.05, 0.1) is 5.56 Å². The summed E-state index contributed by atoms with van der Waals surface area (Å²) in [6.07, 6.45) is 0.145. The van der Waals surface area contributed by atoms with Crippen LogP contribution in [0.3, 0.4) is 0 Å². The number of benzene rings is 1. The predicted octanol–water partition coefficient (Wildman–Crippen LogP) is 2.55. The molecule has 0 spiro atoms. The molecule has 1 rings (SSSR count). The number of hydrogen-bond acceptors (Lipinski definition) is 2. The Kier molecular flexibility index (Phi) is 3.11. The average molecular weight is 204 g/mol. The van der Waals surface area contributed by atoms with E-state index in [4.69, 9.17) is 0 Å². The van der Waals surface area contributed by atoms with Gasteiger partial charge in [0.15, 0.2) is 6.29 Å². The van der Waals surface area contributed by atoms with Crippen molar-refractivity contribution in [1.82, 2.24) is 0 Å². The van der Waals surface area contributed by atoms with E-state index in [0.717, 1.165) is 6.07 Å². The summed E-state index contributed by atoms with van der Waals surface area (Å²) in [5.41, 5.74) is -0.0837. The van der Waals surface area contributed by atoms with Gasteiger partial charge in [-0.3, -0.25) is 4.79 Å². The number of ether oxygens (including phenoxy) is 1. The highest BCUT2D eigenvalue weighted by atomic mass is 19.3. The highest BCUT2D eigenvalue weighted by molar-refractivity contribution is 5.79. The number of hydrogen-bond donors (Lipinski definition) is 0. The van der Waals surface area contributed by atoms with Crippen LogP contribution in [0.1, 0.15) is 15.9 Å². The molecule has 1 aromatic rings. The quantitative estimate of drug-likeness (QED) is 0.707. The molecular formula is C9H7F3O2. The van der Waals surface area contributed by atoms with Crippen LogP contribution in [0.15, 0.2) is 12.1 Å². The Morgan fingerprint density at radius 3 is 2.57 bits per heavy atom. The Balaban J connectivity index is 3.17. The Hall–Kier alpha value is -1.52. The molecule has 0 fully saturated rings. The lowest BCUT2D eigenvalue weighted by atomic mass is 10.1. The van der Waals surface area contributed by atoms with Crippen LogP contribution in [-0.2, 0) is 0 Å². The van der Waals surface area contributed by atoms with Crippen molar-refractivity contribution in [2.45, 2.75) is 13.5 Å². The van der Waals surface area contributed by atoms with Gasteiger partial charge >= 0.3 is 6.61 Å². The van der Waals surface area contributed by atoms with Gasteiger partial charge in [0, 0.05) is 0 Å². The van der Waals surface area contributed by atoms with Crippen LogP contribution in [-0.4, -0.2) is 12.9 Å². The maximum Gasteiger partial charge on any atom is 0.387 e. The predicted molar refractivity (Wildman–Crippen MR) is 43.2 cm³/mol. The molecule has 0 unspecified atom stereocenters. The van der Waals surface area contributed by atoms with Gasteiger partial charge in [-0.2, -0.15) is 8.78 Å². The highest BCUT2D eigenvalue weighted by Crippen LogP contribution is 2.23. The van der Waals surface area contributed by atoms with Crippen LogP contribution in [0, 0.1) is 12.7 Å². The molecule has 2 nitrogen and oxygen atoms in total. The van der Waals surface area contributed by atoms with Gasteiger partial charge in [-0.05, 0) is 24.6 Å². The first-order chi connectivity index (χ1) is 6.54. The van der Waals surface area contributed by atoms with E-state index in [1.54, 1.807) is 0 Å². The minimum atomic E-state index is -3.07. The standard InChI is InChI=1S/C9H7F3O2/c1-5-2-7(10)6(4-13)8(3-5)14-9(11)12/h2-4,9H,1H3. The molecule has 5 heteroatoms. The molecule has 0 radical (unpaired) electrons. The summed E-state index contributed by atoms with van der Waals surface area (Å²) in [6.45, 7) is -1.56. The topological polar surface area (TPSA) is 26.3 Å². The van der Waals surface area contributed by atoms with Crippen LogP contribution in [0.2, 0.25) is 0 Å². The number of halogens is 3. The van der Waals surface area contributed by atoms with Gasteiger partial charge in [-0.1, -0.05) is 0 Å². The minimum Gasteiger partial charge on any atom is -0.434 e. The van der Waals surface area contributed by atoms with Crippen molar-refractivity contribution in [3.05, 3.63) is 29.1 Å². The molecule has 0 atom stereocenters. The third-order valence-electron chi connectivity index (χ3n) is 1.57. The molecule has 0 saturated carbocycles. The average Bonchev–Trinajstić information content (AvgIpc) is 2.01. The van der Waals surface area contributed by atoms with Crippen molar-refractivity contribution in [2.24, 2.45) is 0 Å². The van der Waals surface area contributed by atoms with E-state index in [1.165, 1.54) is 13.0 Å². The number of aryl methyl sites for hydroxylation is 1. The monoisotopic (exact) mass is 204 g/mol. The molecular weight excluding hydrogens is 197 g/mol. The number of rotatable bonds is 3. The van der Waals surface area contributed by atoms with Gasteiger partial charge in [0.1, 0.15) is 11.6 Å². The smallest absolute Gasteiger partial charge is 0.387 e. The molecule has 0 aliphatic rings. The molecule has 0 amide bonds. The molecule has 0 heterocycles. The number of aldehydes is 1. The van der Waals surface area contributed by atoms with E-state index in [1.807, 2.05) is 0 Å². The third-order valence-corrected chi connectivity index (χ3v) is 1.57. The van der Waals surface area contributed by atoms with Crippen LogP contribution in [0.4, 0.5) is 13.2 Å². The summed E-state index contributed by atoms with van der Waals surface area (Å²) in [7, 11) is 0. The molecule has 0 aliphatic carbocycles. The SMILES string of the molecule is Cc1cc(F)c(C=O)c(OC(F)F)c1. The first-order valence-corrected chi connectivity index (χ1v) is 3.74. The van der Waals surface area contributed by atoms with Crippen LogP contribution in [0.5, 0.6) is 5.75 Å². The zero-order chi connectivity index (χ0) is 10.7. The summed E-state index contributed by atoms with van der Waals surface area (Å²) >= 11 is 0. The molecule has 0 bridgehead atoms. The Labute approximate surface area is 78.3 Å². The van der Waals surface area contributed by atoms with Crippen molar-refractivity contribution in [1.29, 1.82) is 0 Å². The molecule has 0 aromatic heterocycles. The molecule has 76 valence electrons. The molecule has 0 aliphatic heterocycles. The summed E-state index contributed by atoms with van der Waals surface area (Å²) in [6, 6.07) is 2.25. The fraction of sp³-hybridized carbons (Fsp3) is 0.222. The van der Waals surface area contributed by atoms with Crippen molar-refractivity contribution < 1.29 is 22.7 Å². The summed E-state index contributed by atoms with van der Waals surface area (Å²) < 4.78 is 40.7. The Morgan fingerprint density at radius 1 is 1.43 bits per heavy atom. The molecule has 14 heavy (non-hydrogen) atoms. The number of alkyl halides is 2. The largest absolute Gasteiger partial charge is 0.434 e. The first kappa shape index (κ1) is 10.6. The second-order valence-electron chi connectivity index (χ2n) is 2.65. The summed E-state index contributed by atoms with van der Waals surface area (Å²) in [5, 5.41) is 0. The zero-order valence-corrected chi connectivity index (χ0v) is 7.26. The number of carbonyl (C=O) groups excluding carboxylic acids is 1. The second-order valence-corrected chi connectivity index (χ2v) is 2.65. The maximum absolute atomic E-state index is 13.0. The lowest BCUT2D eigenvalue weighted by Gasteiger charge is -2.08. The second kappa shape index (κ2) is 4.13. The van der Waals surface area contributed by atoms with Crippen molar-refractivity contribution >= 4 is 6.29 Å². The molecule has 0 saturated heterocycles. The van der Waals surface area contributed by atoms with Crippen LogP contribution in [0.25, 0.3) is 0 Å². The third kappa shape index (κ3) is 2.25. The molecule has 0 N–H and O–H groups in total. The lowest BCUT2D eigenvalue weighted by Crippen LogP contribution is -2.05. The van der Waals surface area contributed by atoms with E-state index in [2.05, 4.69) is 4.74 Å². The number of carbonyl (C=O) groups is 1. The first-order valence-electron chi connectivity index (χ1n) is 3.74. The summed E-state index contributed by atoms with van der Waals surface area (Å²) in [4.78, 5) is 10.4. The van der Waals surface area contributed by atoms with Gasteiger partial charge < -0.3 is 4.74 Å². The van der Waals surface area contributed by atoms with E-state index in [9.17, 15) is 18.0 Å². The van der Waals surface area contributed by atoms with Crippen molar-refractivity contribution in [3.8, 4) is 5.75 Å². The maximum atomic E-state index is 13.0. The van der Waals surface area contributed by atoms with Gasteiger partial charge in [-0.25, -0.2) is 4.39 Å². The van der Waals surface area contributed by atoms with Crippen LogP contribution < -0.4 is 4.74 Å². The van der Waals surface area contributed by atoms with E-state index < -0.39 is 23.7 Å². The zero-order valence-electron chi connectivity index (χ0n) is 7.26. The fourth-order valence-corrected chi connectivity index (χ4v) is 1.03. The lowest BCUT2D eigenvalue weighted by molar-refractivity contribution is -0.0502. The van der Waals surface area contributed by atoms with E-state index in [-0.39, 0.29) is 6.29 Å². The molecule has 1 aromatic carbocycles. The minimum absolute atomic E-state index is 0.145. The van der Waals surface area contributed by atoms with Gasteiger partial charge in [-0.15, -0.1) is 0 Å². The van der Waals surface area contributed by atoms with Crippen LogP contribution >= 0.6 is 0 Å². The van der Waals surface area contributed by atoms with Crippen molar-refractivity contribution in [3.63, 3.8) is 0 Å². The van der Waals surface area contributed by atoms with Gasteiger partial charge in [0.25, 0.3) is 0 Å². The Morgan fingerprint density at radius 2 is 2.07 bits per heavy atom. The van der Waals surface area contributed by atoms with E-state index >= 15 is 0 Å². The normalized spacial score (nSPS) is 10.4. The summed E-state index contributed by atoms with van der Waals surface area (Å²) in [5.74, 6) is -1.30. The Bertz CT molecular complexity index is 350. The van der Waals surface area contributed by atoms with Crippen molar-refractivity contribution in [2.75, 3.05) is 0 Å². The fourth-order valence-electron chi connectivity index (χ4n) is 1.03.